The zero-order valence-electron chi connectivity index (χ0n) is 9.75. The van der Waals surface area contributed by atoms with Crippen molar-refractivity contribution in [2.75, 3.05) is 0 Å². The molecule has 0 aromatic heterocycles. The Kier molecular flexibility index (Phi) is 4.20. The first kappa shape index (κ1) is 15.8. The average Bonchev–Trinajstić information content (AvgIpc) is 2.20. The first-order valence-electron chi connectivity index (χ1n) is 4.91. The van der Waals surface area contributed by atoms with Gasteiger partial charge in [0, 0.05) is 5.56 Å². The van der Waals surface area contributed by atoms with E-state index in [0.29, 0.717) is 6.07 Å². The van der Waals surface area contributed by atoms with Crippen molar-refractivity contribution in [1.29, 1.82) is 0 Å². The molecule has 3 nitrogen and oxygen atoms in total. The largest absolute Gasteiger partial charge is 0.523 e. The van der Waals surface area contributed by atoms with Gasteiger partial charge in [-0.25, -0.2) is 8.78 Å². The number of benzene rings is 1. The Bertz CT molecular complexity index is 580. The summed E-state index contributed by atoms with van der Waals surface area (Å²) in [6.45, 7) is 2.12. The summed E-state index contributed by atoms with van der Waals surface area (Å²) < 4.78 is 88.1. The molecular weight excluding hydrogens is 295 g/mol. The van der Waals surface area contributed by atoms with Crippen molar-refractivity contribution in [3.8, 4) is 0 Å². The summed E-state index contributed by atoms with van der Waals surface area (Å²) in [4.78, 5) is 0. The van der Waals surface area contributed by atoms with Crippen molar-refractivity contribution >= 4 is 10.1 Å². The molecule has 0 aliphatic heterocycles. The molecule has 0 saturated carbocycles. The summed E-state index contributed by atoms with van der Waals surface area (Å²) in [5, 5.41) is 0. The topological polar surface area (TPSA) is 43.4 Å². The molecular formula is C10H9F5O3S. The monoisotopic (exact) mass is 304 g/mol. The molecule has 0 bridgehead atoms. The summed E-state index contributed by atoms with van der Waals surface area (Å²) in [7, 11) is -5.87. The van der Waals surface area contributed by atoms with Crippen LogP contribution in [0.4, 0.5) is 22.0 Å². The zero-order chi connectivity index (χ0) is 15.0. The van der Waals surface area contributed by atoms with Crippen LogP contribution in [0.5, 0.6) is 0 Å². The smallest absolute Gasteiger partial charge is 0.255 e. The molecule has 1 unspecified atom stereocenters. The third-order valence-corrected chi connectivity index (χ3v) is 3.38. The van der Waals surface area contributed by atoms with Crippen molar-refractivity contribution in [2.24, 2.45) is 0 Å². The SMILES string of the molecule is Cc1cc(F)c(C(C)OS(=O)(=O)C(F)(F)F)cc1F. The van der Waals surface area contributed by atoms with E-state index in [4.69, 9.17) is 0 Å². The Labute approximate surface area is 106 Å². The van der Waals surface area contributed by atoms with Crippen LogP contribution in [0.1, 0.15) is 24.2 Å². The van der Waals surface area contributed by atoms with Crippen molar-refractivity contribution < 1.29 is 34.6 Å². The van der Waals surface area contributed by atoms with Crippen LogP contribution >= 0.6 is 0 Å². The number of aryl methyl sites for hydroxylation is 1. The van der Waals surface area contributed by atoms with Gasteiger partial charge in [0.15, 0.2) is 0 Å². The van der Waals surface area contributed by atoms with E-state index in [1.54, 1.807) is 0 Å². The summed E-state index contributed by atoms with van der Waals surface area (Å²) >= 11 is 0. The molecule has 1 rings (SSSR count). The van der Waals surface area contributed by atoms with Crippen molar-refractivity contribution in [3.63, 3.8) is 0 Å². The molecule has 108 valence electrons. The molecule has 9 heteroatoms. The molecule has 0 radical (unpaired) electrons. The van der Waals surface area contributed by atoms with Gasteiger partial charge in [-0.3, -0.25) is 4.18 Å². The van der Waals surface area contributed by atoms with Crippen LogP contribution in [-0.4, -0.2) is 13.9 Å². The Hall–Kier alpha value is -1.22. The molecule has 0 spiro atoms. The first-order chi connectivity index (χ1) is 8.45. The summed E-state index contributed by atoms with van der Waals surface area (Å²) in [5.74, 6) is -1.93. The van der Waals surface area contributed by atoms with E-state index in [1.165, 1.54) is 6.92 Å². The van der Waals surface area contributed by atoms with Gasteiger partial charge in [0.2, 0.25) is 0 Å². The van der Waals surface area contributed by atoms with Crippen LogP contribution < -0.4 is 0 Å². The minimum absolute atomic E-state index is 0.0628. The molecule has 0 amide bonds. The quantitative estimate of drug-likeness (QED) is 0.489. The van der Waals surface area contributed by atoms with E-state index in [9.17, 15) is 30.4 Å². The molecule has 0 N–H and O–H groups in total. The maximum absolute atomic E-state index is 13.4. The molecule has 1 aromatic rings. The second kappa shape index (κ2) is 5.04. The maximum atomic E-state index is 13.4. The number of halogens is 5. The van der Waals surface area contributed by atoms with Gasteiger partial charge in [0.25, 0.3) is 0 Å². The van der Waals surface area contributed by atoms with E-state index >= 15 is 0 Å². The van der Waals surface area contributed by atoms with E-state index in [-0.39, 0.29) is 5.56 Å². The molecule has 0 fully saturated rings. The van der Waals surface area contributed by atoms with Gasteiger partial charge in [0.1, 0.15) is 17.7 Å². The first-order valence-corrected chi connectivity index (χ1v) is 6.31. The van der Waals surface area contributed by atoms with Gasteiger partial charge in [-0.15, -0.1) is 0 Å². The summed E-state index contributed by atoms with van der Waals surface area (Å²) in [6, 6.07) is 1.34. The van der Waals surface area contributed by atoms with Crippen molar-refractivity contribution in [1.82, 2.24) is 0 Å². The highest BCUT2D eigenvalue weighted by Gasteiger charge is 2.48. The van der Waals surface area contributed by atoms with E-state index < -0.39 is 38.9 Å². The van der Waals surface area contributed by atoms with E-state index in [2.05, 4.69) is 4.18 Å². The Morgan fingerprint density at radius 1 is 1.16 bits per heavy atom. The van der Waals surface area contributed by atoms with Crippen LogP contribution in [0, 0.1) is 18.6 Å². The van der Waals surface area contributed by atoms with E-state index in [1.807, 2.05) is 0 Å². The second-order valence-corrected chi connectivity index (χ2v) is 5.32. The lowest BCUT2D eigenvalue weighted by Gasteiger charge is -2.16. The fourth-order valence-corrected chi connectivity index (χ4v) is 1.86. The number of alkyl halides is 3. The Balaban J connectivity index is 3.10. The van der Waals surface area contributed by atoms with Gasteiger partial charge < -0.3 is 0 Å². The third kappa shape index (κ3) is 3.41. The fraction of sp³-hybridized carbons (Fsp3) is 0.400. The predicted octanol–water partition coefficient (Wildman–Crippen LogP) is 3.20. The number of rotatable bonds is 3. The van der Waals surface area contributed by atoms with Crippen LogP contribution in [0.2, 0.25) is 0 Å². The van der Waals surface area contributed by atoms with Gasteiger partial charge in [0.05, 0.1) is 0 Å². The zero-order valence-corrected chi connectivity index (χ0v) is 10.6. The number of hydrogen-bond acceptors (Lipinski definition) is 3. The Morgan fingerprint density at radius 2 is 1.68 bits per heavy atom. The van der Waals surface area contributed by atoms with Gasteiger partial charge >= 0.3 is 15.6 Å². The summed E-state index contributed by atoms with van der Waals surface area (Å²) in [6.07, 6.45) is -1.80. The lowest BCUT2D eigenvalue weighted by atomic mass is 10.1. The lowest BCUT2D eigenvalue weighted by Crippen LogP contribution is -2.26. The Morgan fingerprint density at radius 3 is 2.16 bits per heavy atom. The fourth-order valence-electron chi connectivity index (χ4n) is 1.27. The van der Waals surface area contributed by atoms with Gasteiger partial charge in [-0.2, -0.15) is 21.6 Å². The summed E-state index contributed by atoms with van der Waals surface area (Å²) in [5.41, 5.74) is -6.30. The maximum Gasteiger partial charge on any atom is 0.523 e. The normalized spacial score (nSPS) is 14.5. The van der Waals surface area contributed by atoms with E-state index in [0.717, 1.165) is 13.0 Å². The lowest BCUT2D eigenvalue weighted by molar-refractivity contribution is -0.0570. The highest BCUT2D eigenvalue weighted by Crippen LogP contribution is 2.31. The number of hydrogen-bond donors (Lipinski definition) is 0. The van der Waals surface area contributed by atoms with Crippen LogP contribution in [-0.2, 0) is 14.3 Å². The van der Waals surface area contributed by atoms with Crippen molar-refractivity contribution in [2.45, 2.75) is 25.5 Å². The van der Waals surface area contributed by atoms with Crippen LogP contribution in [0.3, 0.4) is 0 Å². The highest BCUT2D eigenvalue weighted by atomic mass is 32.2. The molecule has 1 atom stereocenters. The molecule has 0 heterocycles. The third-order valence-electron chi connectivity index (χ3n) is 2.27. The second-order valence-electron chi connectivity index (χ2n) is 3.76. The van der Waals surface area contributed by atoms with Gasteiger partial charge in [-0.05, 0) is 31.5 Å². The minimum Gasteiger partial charge on any atom is -0.255 e. The minimum atomic E-state index is -5.87. The van der Waals surface area contributed by atoms with Crippen molar-refractivity contribution in [3.05, 3.63) is 34.9 Å². The van der Waals surface area contributed by atoms with Gasteiger partial charge in [-0.1, -0.05) is 0 Å². The average molecular weight is 304 g/mol. The standard InChI is InChI=1S/C10H9F5O3S/c1-5-3-9(12)7(4-8(5)11)6(2)18-19(16,17)10(13,14)15/h3-4,6H,1-2H3. The molecule has 0 aliphatic carbocycles. The molecule has 19 heavy (non-hydrogen) atoms. The van der Waals surface area contributed by atoms with Crippen LogP contribution in [0.25, 0.3) is 0 Å². The molecule has 0 aliphatic rings. The molecule has 1 aromatic carbocycles. The predicted molar refractivity (Wildman–Crippen MR) is 55.6 cm³/mol. The van der Waals surface area contributed by atoms with Crippen LogP contribution in [0.15, 0.2) is 12.1 Å². The highest BCUT2D eigenvalue weighted by molar-refractivity contribution is 7.87. The molecule has 0 saturated heterocycles.